The Balaban J connectivity index is 3.07. The first-order chi connectivity index (χ1) is 6.19. The first-order valence-electron chi connectivity index (χ1n) is 3.96. The van der Waals surface area contributed by atoms with Crippen molar-refractivity contribution in [3.05, 3.63) is 11.5 Å². The Bertz CT molecular complexity index is 293. The number of hydrogen-bond acceptors (Lipinski definition) is 4. The van der Waals surface area contributed by atoms with Crippen molar-refractivity contribution in [2.24, 2.45) is 0 Å². The molecule has 1 heterocycles. The van der Waals surface area contributed by atoms with Gasteiger partial charge in [0, 0.05) is 13.6 Å². The molecule has 1 aromatic heterocycles. The molecule has 4 nitrogen and oxygen atoms in total. The zero-order chi connectivity index (χ0) is 9.84. The van der Waals surface area contributed by atoms with Crippen LogP contribution in [0.3, 0.4) is 0 Å². The smallest absolute Gasteiger partial charge is 0.224 e. The number of anilines is 1. The molecule has 0 aliphatic heterocycles. The van der Waals surface area contributed by atoms with Crippen LogP contribution in [0.25, 0.3) is 0 Å². The van der Waals surface area contributed by atoms with Gasteiger partial charge in [0.1, 0.15) is 0 Å². The predicted molar refractivity (Wildman–Crippen MR) is 52.5 cm³/mol. The van der Waals surface area contributed by atoms with Crippen LogP contribution in [-0.2, 0) is 0 Å². The van der Waals surface area contributed by atoms with Crippen LogP contribution >= 0.6 is 11.6 Å². The second-order valence-corrected chi connectivity index (χ2v) is 2.88. The van der Waals surface area contributed by atoms with Crippen LogP contribution in [0.5, 0.6) is 5.75 Å². The van der Waals surface area contributed by atoms with E-state index in [0.717, 1.165) is 6.54 Å². The fraction of sp³-hybridized carbons (Fsp3) is 0.500. The predicted octanol–water partition coefficient (Wildman–Crippen LogP) is 1.59. The van der Waals surface area contributed by atoms with Gasteiger partial charge in [0.15, 0.2) is 11.6 Å². The van der Waals surface area contributed by atoms with E-state index in [9.17, 15) is 0 Å². The van der Waals surface area contributed by atoms with Crippen LogP contribution in [0.2, 0.25) is 5.28 Å². The Morgan fingerprint density at radius 1 is 1.62 bits per heavy atom. The normalized spacial score (nSPS) is 9.85. The minimum absolute atomic E-state index is 0.233. The van der Waals surface area contributed by atoms with Crippen LogP contribution < -0.4 is 9.64 Å². The van der Waals surface area contributed by atoms with Gasteiger partial charge in [-0.2, -0.15) is 4.98 Å². The lowest BCUT2D eigenvalue weighted by molar-refractivity contribution is 0.411. The maximum Gasteiger partial charge on any atom is 0.224 e. The average Bonchev–Trinajstić information content (AvgIpc) is 2.16. The average molecular weight is 202 g/mol. The lowest BCUT2D eigenvalue weighted by Gasteiger charge is -2.17. The van der Waals surface area contributed by atoms with E-state index in [-0.39, 0.29) is 5.28 Å². The van der Waals surface area contributed by atoms with Gasteiger partial charge in [-0.15, -0.1) is 0 Å². The summed E-state index contributed by atoms with van der Waals surface area (Å²) in [4.78, 5) is 9.84. The summed E-state index contributed by atoms with van der Waals surface area (Å²) in [6.07, 6.45) is 1.57. The number of ether oxygens (including phenoxy) is 1. The molecule has 0 amide bonds. The van der Waals surface area contributed by atoms with Crippen molar-refractivity contribution in [1.29, 1.82) is 0 Å². The van der Waals surface area contributed by atoms with E-state index in [2.05, 4.69) is 9.97 Å². The molecular formula is C8H12ClN3O. The molecule has 5 heteroatoms. The number of nitrogens with zero attached hydrogens (tertiary/aromatic N) is 3. The minimum Gasteiger partial charge on any atom is -0.491 e. The maximum absolute atomic E-state index is 5.67. The molecule has 13 heavy (non-hydrogen) atoms. The van der Waals surface area contributed by atoms with Crippen molar-refractivity contribution < 1.29 is 4.74 Å². The summed E-state index contributed by atoms with van der Waals surface area (Å²) >= 11 is 5.67. The second-order valence-electron chi connectivity index (χ2n) is 2.55. The molecule has 0 radical (unpaired) electrons. The Morgan fingerprint density at radius 2 is 2.31 bits per heavy atom. The zero-order valence-corrected chi connectivity index (χ0v) is 8.67. The van der Waals surface area contributed by atoms with Crippen molar-refractivity contribution in [3.8, 4) is 5.75 Å². The molecule has 0 aromatic carbocycles. The van der Waals surface area contributed by atoms with Crippen LogP contribution in [0, 0.1) is 0 Å². The van der Waals surface area contributed by atoms with Gasteiger partial charge in [0.2, 0.25) is 5.28 Å². The fourth-order valence-electron chi connectivity index (χ4n) is 0.908. The number of hydrogen-bond donors (Lipinski definition) is 0. The highest BCUT2D eigenvalue weighted by Gasteiger charge is 2.09. The topological polar surface area (TPSA) is 38.2 Å². The van der Waals surface area contributed by atoms with Crippen LogP contribution in [-0.4, -0.2) is 30.7 Å². The number of rotatable bonds is 3. The van der Waals surface area contributed by atoms with E-state index in [0.29, 0.717) is 11.6 Å². The SMILES string of the molecule is CCN(C)c1nc(Cl)ncc1OC. The minimum atomic E-state index is 0.233. The van der Waals surface area contributed by atoms with Crippen LogP contribution in [0.15, 0.2) is 6.20 Å². The summed E-state index contributed by atoms with van der Waals surface area (Å²) < 4.78 is 5.10. The van der Waals surface area contributed by atoms with Crippen LogP contribution in [0.1, 0.15) is 6.92 Å². The third-order valence-corrected chi connectivity index (χ3v) is 1.94. The van der Waals surface area contributed by atoms with E-state index >= 15 is 0 Å². The zero-order valence-electron chi connectivity index (χ0n) is 7.91. The first kappa shape index (κ1) is 10.1. The summed E-state index contributed by atoms with van der Waals surface area (Å²) in [6, 6.07) is 0. The Kier molecular flexibility index (Phi) is 3.31. The monoisotopic (exact) mass is 201 g/mol. The van der Waals surface area contributed by atoms with Gasteiger partial charge in [-0.3, -0.25) is 0 Å². The Morgan fingerprint density at radius 3 is 2.85 bits per heavy atom. The molecule has 0 fully saturated rings. The highest BCUT2D eigenvalue weighted by molar-refractivity contribution is 6.28. The van der Waals surface area contributed by atoms with Crippen molar-refractivity contribution in [2.75, 3.05) is 25.6 Å². The van der Waals surface area contributed by atoms with Gasteiger partial charge in [-0.25, -0.2) is 4.98 Å². The third kappa shape index (κ3) is 2.21. The second kappa shape index (κ2) is 4.28. The number of halogens is 1. The summed E-state index contributed by atoms with van der Waals surface area (Å²) in [7, 11) is 3.50. The van der Waals surface area contributed by atoms with Gasteiger partial charge < -0.3 is 9.64 Å². The first-order valence-corrected chi connectivity index (χ1v) is 4.34. The largest absolute Gasteiger partial charge is 0.491 e. The summed E-state index contributed by atoms with van der Waals surface area (Å²) in [5, 5.41) is 0.233. The maximum atomic E-state index is 5.67. The van der Waals surface area contributed by atoms with Gasteiger partial charge in [0.05, 0.1) is 13.3 Å². The molecule has 0 N–H and O–H groups in total. The van der Waals surface area contributed by atoms with E-state index in [1.807, 2.05) is 18.9 Å². The molecule has 1 aromatic rings. The fourth-order valence-corrected chi connectivity index (χ4v) is 1.04. The molecule has 0 spiro atoms. The van der Waals surface area contributed by atoms with E-state index < -0.39 is 0 Å². The van der Waals surface area contributed by atoms with E-state index in [1.165, 1.54) is 0 Å². The lowest BCUT2D eigenvalue weighted by atomic mass is 10.4. The molecule has 0 aliphatic carbocycles. The summed E-state index contributed by atoms with van der Waals surface area (Å²) in [5.41, 5.74) is 0. The van der Waals surface area contributed by atoms with E-state index in [4.69, 9.17) is 16.3 Å². The number of methoxy groups -OCH3 is 1. The highest BCUT2D eigenvalue weighted by Crippen LogP contribution is 2.24. The van der Waals surface area contributed by atoms with Gasteiger partial charge in [-0.1, -0.05) is 0 Å². The quantitative estimate of drug-likeness (QED) is 0.697. The van der Waals surface area contributed by atoms with Gasteiger partial charge in [0.25, 0.3) is 0 Å². The van der Waals surface area contributed by atoms with Crippen molar-refractivity contribution in [3.63, 3.8) is 0 Å². The van der Waals surface area contributed by atoms with Crippen molar-refractivity contribution in [1.82, 2.24) is 9.97 Å². The molecule has 0 atom stereocenters. The Hall–Kier alpha value is -1.03. The molecule has 1 rings (SSSR count). The molecule has 72 valence electrons. The summed E-state index contributed by atoms with van der Waals surface area (Å²) in [5.74, 6) is 1.35. The van der Waals surface area contributed by atoms with Gasteiger partial charge in [-0.05, 0) is 18.5 Å². The molecule has 0 aliphatic rings. The van der Waals surface area contributed by atoms with Gasteiger partial charge >= 0.3 is 0 Å². The van der Waals surface area contributed by atoms with Crippen molar-refractivity contribution in [2.45, 2.75) is 6.92 Å². The molecular weight excluding hydrogens is 190 g/mol. The van der Waals surface area contributed by atoms with Crippen molar-refractivity contribution >= 4 is 17.4 Å². The molecule has 0 saturated heterocycles. The highest BCUT2D eigenvalue weighted by atomic mass is 35.5. The lowest BCUT2D eigenvalue weighted by Crippen LogP contribution is -2.18. The standard InChI is InChI=1S/C8H12ClN3O/c1-4-12(2)7-6(13-3)5-10-8(9)11-7/h5H,4H2,1-3H3. The Labute approximate surface area is 82.5 Å². The molecule has 0 bridgehead atoms. The van der Waals surface area contributed by atoms with E-state index in [1.54, 1.807) is 13.3 Å². The summed E-state index contributed by atoms with van der Waals surface area (Å²) in [6.45, 7) is 2.86. The molecule has 0 unspecified atom stereocenters. The number of aromatic nitrogens is 2. The third-order valence-electron chi connectivity index (χ3n) is 1.76. The van der Waals surface area contributed by atoms with Crippen LogP contribution in [0.4, 0.5) is 5.82 Å². The molecule has 0 saturated carbocycles.